The average Bonchev–Trinajstić information content (AvgIpc) is 2.92. The normalized spacial score (nSPS) is 10.4. The van der Waals surface area contributed by atoms with Gasteiger partial charge in [0.05, 0.1) is 22.5 Å². The third kappa shape index (κ3) is 3.08. The van der Waals surface area contributed by atoms with E-state index in [0.29, 0.717) is 12.1 Å². The topological polar surface area (TPSA) is 69.3 Å². The minimum absolute atomic E-state index is 0.116. The number of hydrogen-bond acceptors (Lipinski definition) is 3. The maximum absolute atomic E-state index is 11.4. The molecule has 2 heterocycles. The van der Waals surface area contributed by atoms with Crippen LogP contribution in [0, 0.1) is 18.3 Å². The monoisotopic (exact) mass is 318 g/mol. The fourth-order valence-electron chi connectivity index (χ4n) is 2.73. The van der Waals surface area contributed by atoms with Gasteiger partial charge in [-0.1, -0.05) is 12.1 Å². The van der Waals surface area contributed by atoms with E-state index >= 15 is 0 Å². The molecule has 0 saturated heterocycles. The van der Waals surface area contributed by atoms with Crippen molar-refractivity contribution in [2.75, 3.05) is 10.6 Å². The Kier molecular flexibility index (Phi) is 4.21. The number of aromatic nitrogens is 1. The molecule has 120 valence electrons. The number of aryl methyl sites for hydroxylation is 1. The van der Waals surface area contributed by atoms with Gasteiger partial charge in [-0.2, -0.15) is 5.26 Å². The lowest BCUT2D eigenvalue weighted by Gasteiger charge is -2.13. The number of hydrogen-bond donors (Lipinski definition) is 2. The van der Waals surface area contributed by atoms with Gasteiger partial charge in [0.25, 0.3) is 0 Å². The number of nitrogens with one attached hydrogen (secondary N) is 2. The molecule has 5 nitrogen and oxygen atoms in total. The third-order valence-electron chi connectivity index (χ3n) is 3.83. The second-order valence-electron chi connectivity index (χ2n) is 5.72. The summed E-state index contributed by atoms with van der Waals surface area (Å²) in [5, 5.41) is 15.6. The molecule has 3 rings (SSSR count). The number of anilines is 2. The molecule has 0 aliphatic heterocycles. The van der Waals surface area contributed by atoms with Gasteiger partial charge in [-0.25, -0.2) is 0 Å². The second-order valence-corrected chi connectivity index (χ2v) is 5.72. The van der Waals surface area contributed by atoms with Crippen molar-refractivity contribution in [3.05, 3.63) is 65.5 Å². The van der Waals surface area contributed by atoms with E-state index in [4.69, 9.17) is 0 Å². The number of fused-ring (bicyclic) bond motifs is 1. The molecular weight excluding hydrogens is 300 g/mol. The molecule has 2 aromatic heterocycles. The van der Waals surface area contributed by atoms with Crippen LogP contribution in [0.1, 0.15) is 23.6 Å². The zero-order valence-corrected chi connectivity index (χ0v) is 13.6. The van der Waals surface area contributed by atoms with Crippen LogP contribution in [0.3, 0.4) is 0 Å². The number of nitrogens with zero attached hydrogens (tertiary/aromatic N) is 2. The SMILES string of the molecule is CC(=O)Nc1ccc(C)cc1NCc1cn2ccccc2c1C#N. The molecule has 0 saturated carbocycles. The van der Waals surface area contributed by atoms with Crippen LogP contribution in [0.2, 0.25) is 0 Å². The summed E-state index contributed by atoms with van der Waals surface area (Å²) < 4.78 is 1.94. The molecule has 0 unspecified atom stereocenters. The van der Waals surface area contributed by atoms with Gasteiger partial charge in [-0.15, -0.1) is 0 Å². The van der Waals surface area contributed by atoms with E-state index < -0.39 is 0 Å². The number of pyridine rings is 1. The van der Waals surface area contributed by atoms with Crippen LogP contribution in [-0.4, -0.2) is 10.3 Å². The highest BCUT2D eigenvalue weighted by Crippen LogP contribution is 2.25. The van der Waals surface area contributed by atoms with Crippen molar-refractivity contribution < 1.29 is 4.79 Å². The number of carbonyl (C=O) groups excluding carboxylic acids is 1. The van der Waals surface area contributed by atoms with E-state index in [1.54, 1.807) is 0 Å². The average molecular weight is 318 g/mol. The Morgan fingerprint density at radius 3 is 2.83 bits per heavy atom. The fourth-order valence-corrected chi connectivity index (χ4v) is 2.73. The van der Waals surface area contributed by atoms with Crippen LogP contribution in [0.25, 0.3) is 5.52 Å². The first-order valence-electron chi connectivity index (χ1n) is 7.69. The van der Waals surface area contributed by atoms with Crippen molar-refractivity contribution in [3.8, 4) is 6.07 Å². The number of amides is 1. The van der Waals surface area contributed by atoms with Crippen LogP contribution in [0.15, 0.2) is 48.8 Å². The molecule has 0 fully saturated rings. The van der Waals surface area contributed by atoms with Gasteiger partial charge in [0.2, 0.25) is 5.91 Å². The summed E-state index contributed by atoms with van der Waals surface area (Å²) in [6, 6.07) is 13.9. The summed E-state index contributed by atoms with van der Waals surface area (Å²) in [5.74, 6) is -0.116. The predicted molar refractivity (Wildman–Crippen MR) is 94.9 cm³/mol. The van der Waals surface area contributed by atoms with Gasteiger partial charge >= 0.3 is 0 Å². The Balaban J connectivity index is 1.90. The lowest BCUT2D eigenvalue weighted by Crippen LogP contribution is -2.09. The molecule has 1 aromatic carbocycles. The Bertz CT molecular complexity index is 950. The number of nitriles is 1. The standard InChI is InChI=1S/C19H18N4O/c1-13-6-7-17(22-14(2)24)18(9-13)21-11-15-12-23-8-4-3-5-19(23)16(15)10-20/h3-9,12,21H,11H2,1-2H3,(H,22,24). The first-order chi connectivity index (χ1) is 11.6. The van der Waals surface area contributed by atoms with Gasteiger partial charge in [0.15, 0.2) is 0 Å². The van der Waals surface area contributed by atoms with E-state index in [1.807, 2.05) is 60.1 Å². The van der Waals surface area contributed by atoms with Crippen molar-refractivity contribution in [2.45, 2.75) is 20.4 Å². The Morgan fingerprint density at radius 2 is 2.08 bits per heavy atom. The zero-order chi connectivity index (χ0) is 17.1. The molecule has 0 spiro atoms. The highest BCUT2D eigenvalue weighted by Gasteiger charge is 2.11. The second kappa shape index (κ2) is 6.47. The smallest absolute Gasteiger partial charge is 0.221 e. The van der Waals surface area contributed by atoms with Gasteiger partial charge in [0, 0.05) is 31.4 Å². The molecule has 1 amide bonds. The van der Waals surface area contributed by atoms with Crippen molar-refractivity contribution >= 4 is 22.8 Å². The molecule has 5 heteroatoms. The number of rotatable bonds is 4. The van der Waals surface area contributed by atoms with Crippen LogP contribution in [0.4, 0.5) is 11.4 Å². The van der Waals surface area contributed by atoms with E-state index in [-0.39, 0.29) is 5.91 Å². The van der Waals surface area contributed by atoms with Crippen LogP contribution >= 0.6 is 0 Å². The predicted octanol–water partition coefficient (Wildman–Crippen LogP) is 3.69. The van der Waals surface area contributed by atoms with Crippen molar-refractivity contribution in [1.82, 2.24) is 4.40 Å². The van der Waals surface area contributed by atoms with Gasteiger partial charge in [-0.05, 0) is 36.8 Å². The Labute approximate surface area is 140 Å². The number of benzene rings is 1. The third-order valence-corrected chi connectivity index (χ3v) is 3.83. The summed E-state index contributed by atoms with van der Waals surface area (Å²) in [4.78, 5) is 11.4. The molecule has 0 bridgehead atoms. The van der Waals surface area contributed by atoms with Crippen LogP contribution < -0.4 is 10.6 Å². The minimum atomic E-state index is -0.116. The van der Waals surface area contributed by atoms with E-state index in [1.165, 1.54) is 6.92 Å². The van der Waals surface area contributed by atoms with E-state index in [0.717, 1.165) is 28.0 Å². The van der Waals surface area contributed by atoms with Crippen molar-refractivity contribution in [1.29, 1.82) is 5.26 Å². The van der Waals surface area contributed by atoms with Crippen LogP contribution in [0.5, 0.6) is 0 Å². The Morgan fingerprint density at radius 1 is 1.25 bits per heavy atom. The van der Waals surface area contributed by atoms with Crippen LogP contribution in [-0.2, 0) is 11.3 Å². The molecular formula is C19H18N4O. The fraction of sp³-hybridized carbons (Fsp3) is 0.158. The summed E-state index contributed by atoms with van der Waals surface area (Å²) in [7, 11) is 0. The summed E-state index contributed by atoms with van der Waals surface area (Å²) in [6.07, 6.45) is 3.88. The Hall–Kier alpha value is -3.26. The molecule has 0 aliphatic carbocycles. The molecule has 3 aromatic rings. The van der Waals surface area contributed by atoms with Gasteiger partial charge in [0.1, 0.15) is 6.07 Å². The van der Waals surface area contributed by atoms with Gasteiger partial charge in [-0.3, -0.25) is 4.79 Å². The van der Waals surface area contributed by atoms with Crippen molar-refractivity contribution in [2.24, 2.45) is 0 Å². The maximum Gasteiger partial charge on any atom is 0.221 e. The van der Waals surface area contributed by atoms with Gasteiger partial charge < -0.3 is 15.0 Å². The molecule has 0 radical (unpaired) electrons. The molecule has 24 heavy (non-hydrogen) atoms. The zero-order valence-electron chi connectivity index (χ0n) is 13.6. The maximum atomic E-state index is 11.4. The quantitative estimate of drug-likeness (QED) is 0.771. The largest absolute Gasteiger partial charge is 0.379 e. The lowest BCUT2D eigenvalue weighted by atomic mass is 10.1. The molecule has 0 atom stereocenters. The summed E-state index contributed by atoms with van der Waals surface area (Å²) in [5.41, 5.74) is 5.13. The minimum Gasteiger partial charge on any atom is -0.379 e. The summed E-state index contributed by atoms with van der Waals surface area (Å²) >= 11 is 0. The van der Waals surface area contributed by atoms with E-state index in [9.17, 15) is 10.1 Å². The highest BCUT2D eigenvalue weighted by atomic mass is 16.1. The lowest BCUT2D eigenvalue weighted by molar-refractivity contribution is -0.114. The number of carbonyl (C=O) groups is 1. The molecule has 2 N–H and O–H groups in total. The molecule has 0 aliphatic rings. The van der Waals surface area contributed by atoms with Crippen molar-refractivity contribution in [3.63, 3.8) is 0 Å². The first-order valence-corrected chi connectivity index (χ1v) is 7.69. The highest BCUT2D eigenvalue weighted by molar-refractivity contribution is 5.92. The first kappa shape index (κ1) is 15.6. The van der Waals surface area contributed by atoms with E-state index in [2.05, 4.69) is 16.7 Å². The summed E-state index contributed by atoms with van der Waals surface area (Å²) in [6.45, 7) is 3.98.